The first-order chi connectivity index (χ1) is 10.1. The summed E-state index contributed by atoms with van der Waals surface area (Å²) in [5.74, 6) is 0.650. The lowest BCUT2D eigenvalue weighted by Gasteiger charge is -2.18. The van der Waals surface area contributed by atoms with Gasteiger partial charge >= 0.3 is 0 Å². The lowest BCUT2D eigenvalue weighted by Crippen LogP contribution is -2.18. The summed E-state index contributed by atoms with van der Waals surface area (Å²) in [6.45, 7) is 1.72. The highest BCUT2D eigenvalue weighted by molar-refractivity contribution is 5.28. The number of halogens is 1. The zero-order valence-electron chi connectivity index (χ0n) is 12.5. The summed E-state index contributed by atoms with van der Waals surface area (Å²) >= 11 is 0. The molecule has 0 radical (unpaired) electrons. The van der Waals surface area contributed by atoms with Crippen LogP contribution in [-0.2, 0) is 19.6 Å². The predicted octanol–water partition coefficient (Wildman–Crippen LogP) is 2.93. The molecule has 0 heterocycles. The van der Waals surface area contributed by atoms with E-state index in [0.717, 1.165) is 23.4 Å². The first-order valence-corrected chi connectivity index (χ1v) is 6.91. The Morgan fingerprint density at radius 2 is 1.71 bits per heavy atom. The highest BCUT2D eigenvalue weighted by atomic mass is 19.1. The van der Waals surface area contributed by atoms with Crippen molar-refractivity contribution in [3.8, 4) is 5.75 Å². The molecule has 0 fully saturated rings. The summed E-state index contributed by atoms with van der Waals surface area (Å²) in [4.78, 5) is 2.07. The van der Waals surface area contributed by atoms with Crippen molar-refractivity contribution in [1.82, 2.24) is 4.90 Å². The number of methoxy groups -OCH3 is 1. The van der Waals surface area contributed by atoms with Crippen molar-refractivity contribution in [1.29, 1.82) is 0 Å². The average molecular weight is 288 g/mol. The van der Waals surface area contributed by atoms with Gasteiger partial charge < -0.3 is 10.5 Å². The number of ether oxygens (including phenoxy) is 1. The minimum absolute atomic E-state index is 0.186. The van der Waals surface area contributed by atoms with E-state index in [-0.39, 0.29) is 5.82 Å². The SMILES string of the molecule is COc1ccc(CN(C)Cc2cc(CN)ccc2F)cc1. The van der Waals surface area contributed by atoms with Crippen LogP contribution in [0.5, 0.6) is 5.75 Å². The maximum Gasteiger partial charge on any atom is 0.127 e. The fraction of sp³-hybridized carbons (Fsp3) is 0.294. The zero-order valence-corrected chi connectivity index (χ0v) is 12.5. The van der Waals surface area contributed by atoms with E-state index >= 15 is 0 Å². The average Bonchev–Trinajstić information content (AvgIpc) is 2.50. The van der Waals surface area contributed by atoms with Crippen LogP contribution < -0.4 is 10.5 Å². The van der Waals surface area contributed by atoms with Crippen LogP contribution in [0.15, 0.2) is 42.5 Å². The molecule has 4 heteroatoms. The Hall–Kier alpha value is -1.91. The first kappa shape index (κ1) is 15.5. The quantitative estimate of drug-likeness (QED) is 0.888. The van der Waals surface area contributed by atoms with Gasteiger partial charge in [0.2, 0.25) is 0 Å². The summed E-state index contributed by atoms with van der Waals surface area (Å²) in [6, 6.07) is 12.9. The number of benzene rings is 2. The van der Waals surface area contributed by atoms with Gasteiger partial charge in [0.05, 0.1) is 7.11 Å². The molecule has 2 rings (SSSR count). The molecular weight excluding hydrogens is 267 g/mol. The molecule has 0 atom stereocenters. The van der Waals surface area contributed by atoms with Crippen molar-refractivity contribution in [3.05, 3.63) is 65.0 Å². The molecule has 2 N–H and O–H groups in total. The molecule has 3 nitrogen and oxygen atoms in total. The molecule has 0 aliphatic carbocycles. The number of hydrogen-bond acceptors (Lipinski definition) is 3. The Balaban J connectivity index is 2.02. The third-order valence-corrected chi connectivity index (χ3v) is 3.40. The molecule has 0 unspecified atom stereocenters. The highest BCUT2D eigenvalue weighted by Gasteiger charge is 2.07. The third kappa shape index (κ3) is 4.28. The summed E-state index contributed by atoms with van der Waals surface area (Å²) in [5.41, 5.74) is 8.39. The molecule has 0 spiro atoms. The van der Waals surface area contributed by atoms with Crippen molar-refractivity contribution in [2.75, 3.05) is 14.2 Å². The van der Waals surface area contributed by atoms with Gasteiger partial charge in [0.1, 0.15) is 11.6 Å². The van der Waals surface area contributed by atoms with E-state index in [9.17, 15) is 4.39 Å². The van der Waals surface area contributed by atoms with E-state index in [0.29, 0.717) is 18.7 Å². The van der Waals surface area contributed by atoms with Crippen LogP contribution in [0, 0.1) is 5.82 Å². The van der Waals surface area contributed by atoms with Crippen LogP contribution in [0.3, 0.4) is 0 Å². The summed E-state index contributed by atoms with van der Waals surface area (Å²) < 4.78 is 19.0. The number of hydrogen-bond donors (Lipinski definition) is 1. The van der Waals surface area contributed by atoms with E-state index in [1.807, 2.05) is 37.4 Å². The molecule has 21 heavy (non-hydrogen) atoms. The Morgan fingerprint density at radius 3 is 2.33 bits per heavy atom. The molecule has 0 bridgehead atoms. The van der Waals surface area contributed by atoms with Crippen LogP contribution in [0.1, 0.15) is 16.7 Å². The Bertz CT molecular complexity index is 584. The van der Waals surface area contributed by atoms with Crippen LogP contribution in [0.2, 0.25) is 0 Å². The van der Waals surface area contributed by atoms with Crippen LogP contribution in [-0.4, -0.2) is 19.1 Å². The molecule has 0 aliphatic rings. The molecule has 2 aromatic rings. The second-order valence-electron chi connectivity index (χ2n) is 5.15. The Morgan fingerprint density at radius 1 is 1.05 bits per heavy atom. The normalized spacial score (nSPS) is 10.9. The molecule has 0 saturated carbocycles. The molecule has 0 aliphatic heterocycles. The summed E-state index contributed by atoms with van der Waals surface area (Å²) in [7, 11) is 3.62. The minimum atomic E-state index is -0.186. The summed E-state index contributed by atoms with van der Waals surface area (Å²) in [5, 5.41) is 0. The van der Waals surface area contributed by atoms with Gasteiger partial charge in [-0.15, -0.1) is 0 Å². The monoisotopic (exact) mass is 288 g/mol. The number of nitrogens with zero attached hydrogens (tertiary/aromatic N) is 1. The molecular formula is C17H21FN2O. The van der Waals surface area contributed by atoms with Gasteiger partial charge in [0, 0.05) is 25.2 Å². The largest absolute Gasteiger partial charge is 0.497 e. The standard InChI is InChI=1S/C17H21FN2O/c1-20(11-13-3-6-16(21-2)7-4-13)12-15-9-14(10-19)5-8-17(15)18/h3-9H,10-12,19H2,1-2H3. The van der Waals surface area contributed by atoms with Crippen molar-refractivity contribution in [2.45, 2.75) is 19.6 Å². The van der Waals surface area contributed by atoms with Crippen molar-refractivity contribution in [2.24, 2.45) is 5.73 Å². The van der Waals surface area contributed by atoms with Crippen molar-refractivity contribution < 1.29 is 9.13 Å². The third-order valence-electron chi connectivity index (χ3n) is 3.40. The lowest BCUT2D eigenvalue weighted by molar-refractivity contribution is 0.313. The minimum Gasteiger partial charge on any atom is -0.497 e. The molecule has 2 aromatic carbocycles. The maximum absolute atomic E-state index is 13.8. The van der Waals surface area contributed by atoms with E-state index in [1.165, 1.54) is 6.07 Å². The van der Waals surface area contributed by atoms with Gasteiger partial charge in [0.15, 0.2) is 0 Å². The first-order valence-electron chi connectivity index (χ1n) is 6.91. The fourth-order valence-corrected chi connectivity index (χ4v) is 2.27. The second-order valence-corrected chi connectivity index (χ2v) is 5.15. The van der Waals surface area contributed by atoms with Crippen molar-refractivity contribution >= 4 is 0 Å². The molecule has 112 valence electrons. The van der Waals surface area contributed by atoms with Crippen molar-refractivity contribution in [3.63, 3.8) is 0 Å². The van der Waals surface area contributed by atoms with Crippen LogP contribution >= 0.6 is 0 Å². The Labute approximate surface area is 125 Å². The van der Waals surface area contributed by atoms with Gasteiger partial charge in [-0.2, -0.15) is 0 Å². The zero-order chi connectivity index (χ0) is 15.2. The molecule has 0 amide bonds. The van der Waals surface area contributed by atoms with E-state index in [4.69, 9.17) is 10.5 Å². The number of nitrogens with two attached hydrogens (primary N) is 1. The predicted molar refractivity (Wildman–Crippen MR) is 82.5 cm³/mol. The topological polar surface area (TPSA) is 38.5 Å². The molecule has 0 aromatic heterocycles. The van der Waals surface area contributed by atoms with Gasteiger partial charge in [-0.3, -0.25) is 4.90 Å². The van der Waals surface area contributed by atoms with E-state index in [2.05, 4.69) is 4.90 Å². The highest BCUT2D eigenvalue weighted by Crippen LogP contribution is 2.16. The van der Waals surface area contributed by atoms with Gasteiger partial charge in [-0.1, -0.05) is 24.3 Å². The van der Waals surface area contributed by atoms with Gasteiger partial charge in [-0.25, -0.2) is 4.39 Å². The number of rotatable bonds is 6. The van der Waals surface area contributed by atoms with E-state index < -0.39 is 0 Å². The van der Waals surface area contributed by atoms with E-state index in [1.54, 1.807) is 13.2 Å². The summed E-state index contributed by atoms with van der Waals surface area (Å²) in [6.07, 6.45) is 0. The maximum atomic E-state index is 13.8. The second kappa shape index (κ2) is 7.20. The Kier molecular flexibility index (Phi) is 5.31. The van der Waals surface area contributed by atoms with Crippen LogP contribution in [0.25, 0.3) is 0 Å². The molecule has 0 saturated heterocycles. The fourth-order valence-electron chi connectivity index (χ4n) is 2.27. The van der Waals surface area contributed by atoms with Gasteiger partial charge in [-0.05, 0) is 36.4 Å². The smallest absolute Gasteiger partial charge is 0.127 e. The van der Waals surface area contributed by atoms with Gasteiger partial charge in [0.25, 0.3) is 0 Å². The van der Waals surface area contributed by atoms with Crippen LogP contribution in [0.4, 0.5) is 4.39 Å². The lowest BCUT2D eigenvalue weighted by atomic mass is 10.1.